The Labute approximate surface area is 202 Å². The maximum absolute atomic E-state index is 13.2. The second kappa shape index (κ2) is 8.99. The number of nitrogens with one attached hydrogen (secondary N) is 1. The van der Waals surface area contributed by atoms with Crippen LogP contribution in [0, 0.1) is 10.1 Å². The van der Waals surface area contributed by atoms with E-state index in [0.717, 1.165) is 55.2 Å². The Morgan fingerprint density at radius 2 is 1.69 bits per heavy atom. The first kappa shape index (κ1) is 22.8. The van der Waals surface area contributed by atoms with Crippen molar-refractivity contribution in [2.24, 2.45) is 10.2 Å². The van der Waals surface area contributed by atoms with Gasteiger partial charge in [0.1, 0.15) is 17.1 Å². The monoisotopic (exact) mass is 493 g/mol. The zero-order valence-electron chi connectivity index (χ0n) is 18.7. The molecule has 0 bridgehead atoms. The SMILES string of the molecule is O=[N+]([O-])c1ccc(O)c(N=Nc2cc3c4c(c2NS(=O)(=O)c2ccccc2)CCCN4CCC3)c1. The molecule has 11 heteroatoms. The van der Waals surface area contributed by atoms with E-state index >= 15 is 0 Å². The molecular formula is C24H23N5O5S. The summed E-state index contributed by atoms with van der Waals surface area (Å²) in [5.74, 6) is -0.267. The molecule has 0 fully saturated rings. The summed E-state index contributed by atoms with van der Waals surface area (Å²) in [4.78, 5) is 13.0. The fraction of sp³-hybridized carbons (Fsp3) is 0.250. The van der Waals surface area contributed by atoms with Crippen molar-refractivity contribution in [3.63, 3.8) is 0 Å². The molecule has 3 aromatic carbocycles. The van der Waals surface area contributed by atoms with Crippen molar-refractivity contribution in [1.82, 2.24) is 0 Å². The zero-order valence-corrected chi connectivity index (χ0v) is 19.5. The molecule has 0 saturated heterocycles. The molecule has 2 N–H and O–H groups in total. The van der Waals surface area contributed by atoms with Crippen molar-refractivity contribution < 1.29 is 18.4 Å². The van der Waals surface area contributed by atoms with Crippen LogP contribution in [-0.2, 0) is 22.9 Å². The van der Waals surface area contributed by atoms with Crippen LogP contribution in [0.3, 0.4) is 0 Å². The highest BCUT2D eigenvalue weighted by atomic mass is 32.2. The van der Waals surface area contributed by atoms with Gasteiger partial charge in [-0.25, -0.2) is 8.42 Å². The van der Waals surface area contributed by atoms with Gasteiger partial charge in [0.05, 0.1) is 15.5 Å². The largest absolute Gasteiger partial charge is 0.506 e. The Hall–Kier alpha value is -3.99. The molecule has 2 heterocycles. The van der Waals surface area contributed by atoms with Gasteiger partial charge in [-0.3, -0.25) is 14.8 Å². The van der Waals surface area contributed by atoms with Gasteiger partial charge in [-0.15, -0.1) is 10.2 Å². The lowest BCUT2D eigenvalue weighted by atomic mass is 9.90. The summed E-state index contributed by atoms with van der Waals surface area (Å²) < 4.78 is 29.2. The highest BCUT2D eigenvalue weighted by Crippen LogP contribution is 2.46. The maximum atomic E-state index is 13.2. The number of benzene rings is 3. The molecule has 180 valence electrons. The fourth-order valence-corrected chi connectivity index (χ4v) is 5.77. The first-order valence-corrected chi connectivity index (χ1v) is 12.7. The summed E-state index contributed by atoms with van der Waals surface area (Å²) in [6, 6.07) is 13.4. The minimum Gasteiger partial charge on any atom is -0.506 e. The number of phenols is 1. The van der Waals surface area contributed by atoms with Crippen LogP contribution >= 0.6 is 0 Å². The first-order valence-electron chi connectivity index (χ1n) is 11.2. The number of aromatic hydroxyl groups is 1. The lowest BCUT2D eigenvalue weighted by molar-refractivity contribution is -0.384. The number of hydrogen-bond donors (Lipinski definition) is 2. The minimum atomic E-state index is -3.91. The van der Waals surface area contributed by atoms with Gasteiger partial charge < -0.3 is 10.0 Å². The van der Waals surface area contributed by atoms with Crippen molar-refractivity contribution >= 4 is 38.5 Å². The minimum absolute atomic E-state index is 0.0796. The first-order chi connectivity index (χ1) is 16.8. The van der Waals surface area contributed by atoms with Crippen molar-refractivity contribution in [2.45, 2.75) is 30.6 Å². The quantitative estimate of drug-likeness (QED) is 0.274. The molecule has 0 aliphatic carbocycles. The molecule has 35 heavy (non-hydrogen) atoms. The van der Waals surface area contributed by atoms with Crippen LogP contribution in [0.5, 0.6) is 5.75 Å². The molecule has 3 aromatic rings. The lowest BCUT2D eigenvalue weighted by Crippen LogP contribution is -2.35. The number of anilines is 2. The van der Waals surface area contributed by atoms with E-state index in [-0.39, 0.29) is 22.0 Å². The summed E-state index contributed by atoms with van der Waals surface area (Å²) in [6.45, 7) is 1.82. The highest BCUT2D eigenvalue weighted by Gasteiger charge is 2.30. The van der Waals surface area contributed by atoms with E-state index in [1.165, 1.54) is 24.3 Å². The van der Waals surface area contributed by atoms with Crippen molar-refractivity contribution in [1.29, 1.82) is 0 Å². The number of azo groups is 1. The van der Waals surface area contributed by atoms with Crippen LogP contribution < -0.4 is 9.62 Å². The van der Waals surface area contributed by atoms with Crippen LogP contribution in [0.1, 0.15) is 24.0 Å². The summed E-state index contributed by atoms with van der Waals surface area (Å²) in [7, 11) is -3.91. The van der Waals surface area contributed by atoms with E-state index in [4.69, 9.17) is 0 Å². The average Bonchev–Trinajstić information content (AvgIpc) is 2.86. The maximum Gasteiger partial charge on any atom is 0.271 e. The van der Waals surface area contributed by atoms with Gasteiger partial charge in [-0.1, -0.05) is 18.2 Å². The predicted molar refractivity (Wildman–Crippen MR) is 131 cm³/mol. The Bertz CT molecular complexity index is 1440. The zero-order chi connectivity index (χ0) is 24.6. The number of nitro groups is 1. The van der Waals surface area contributed by atoms with Crippen LogP contribution in [0.15, 0.2) is 69.7 Å². The van der Waals surface area contributed by atoms with Crippen LogP contribution in [0.25, 0.3) is 0 Å². The highest BCUT2D eigenvalue weighted by molar-refractivity contribution is 7.92. The average molecular weight is 494 g/mol. The van der Waals surface area contributed by atoms with Crippen molar-refractivity contribution in [3.8, 4) is 5.75 Å². The molecule has 0 spiro atoms. The molecule has 10 nitrogen and oxygen atoms in total. The van der Waals surface area contributed by atoms with Gasteiger partial charge in [0.15, 0.2) is 0 Å². The number of nitrogens with zero attached hydrogens (tertiary/aromatic N) is 4. The summed E-state index contributed by atoms with van der Waals surface area (Å²) in [5.41, 5.74) is 3.30. The standard InChI is InChI=1S/C24H23N5O5S/c30-22-11-10-17(29(31)32)15-20(22)25-26-21-14-16-6-4-12-28-13-5-9-19(24(16)28)23(21)27-35(33,34)18-7-2-1-3-8-18/h1-3,7-8,10-11,14-15,27,30H,4-6,9,12-13H2. The third-order valence-electron chi connectivity index (χ3n) is 6.23. The second-order valence-corrected chi connectivity index (χ2v) is 10.2. The van der Waals surface area contributed by atoms with Crippen LogP contribution in [0.2, 0.25) is 0 Å². The number of non-ortho nitro benzene ring substituents is 1. The number of sulfonamides is 1. The smallest absolute Gasteiger partial charge is 0.271 e. The predicted octanol–water partition coefficient (Wildman–Crippen LogP) is 5.22. The van der Waals surface area contributed by atoms with E-state index in [2.05, 4.69) is 19.9 Å². The molecule has 0 saturated carbocycles. The van der Waals surface area contributed by atoms with Crippen LogP contribution in [0.4, 0.5) is 28.4 Å². The molecule has 2 aliphatic heterocycles. The van der Waals surface area contributed by atoms with Gasteiger partial charge in [0, 0.05) is 36.5 Å². The molecule has 5 rings (SSSR count). The van der Waals surface area contributed by atoms with E-state index < -0.39 is 14.9 Å². The molecule has 0 aromatic heterocycles. The van der Waals surface area contributed by atoms with E-state index in [1.807, 2.05) is 6.07 Å². The topological polar surface area (TPSA) is 138 Å². The van der Waals surface area contributed by atoms with E-state index in [0.29, 0.717) is 17.8 Å². The molecule has 0 radical (unpaired) electrons. The summed E-state index contributed by atoms with van der Waals surface area (Å²) in [5, 5.41) is 29.6. The normalized spacial score (nSPS) is 15.1. The van der Waals surface area contributed by atoms with Gasteiger partial charge in [0.2, 0.25) is 0 Å². The molecule has 0 amide bonds. The second-order valence-electron chi connectivity index (χ2n) is 8.50. The Balaban J connectivity index is 1.64. The summed E-state index contributed by atoms with van der Waals surface area (Å²) in [6.07, 6.45) is 3.36. The number of rotatable bonds is 6. The van der Waals surface area contributed by atoms with Crippen molar-refractivity contribution in [3.05, 3.63) is 75.8 Å². The van der Waals surface area contributed by atoms with Gasteiger partial charge in [-0.2, -0.15) is 0 Å². The van der Waals surface area contributed by atoms with Crippen LogP contribution in [-0.4, -0.2) is 31.5 Å². The molecule has 2 aliphatic rings. The summed E-state index contributed by atoms with van der Waals surface area (Å²) >= 11 is 0. The van der Waals surface area contributed by atoms with Gasteiger partial charge in [0.25, 0.3) is 15.7 Å². The number of hydrogen-bond acceptors (Lipinski definition) is 8. The number of phenolic OH excluding ortho intramolecular Hbond substituents is 1. The molecule has 0 unspecified atom stereocenters. The molecular weight excluding hydrogens is 470 g/mol. The van der Waals surface area contributed by atoms with Gasteiger partial charge >= 0.3 is 0 Å². The molecule has 0 atom stereocenters. The van der Waals surface area contributed by atoms with E-state index in [1.54, 1.807) is 18.2 Å². The lowest BCUT2D eigenvalue weighted by Gasteiger charge is -2.38. The number of nitro benzene ring substituents is 1. The van der Waals surface area contributed by atoms with E-state index in [9.17, 15) is 23.6 Å². The van der Waals surface area contributed by atoms with Gasteiger partial charge in [-0.05, 0) is 55.5 Å². The fourth-order valence-electron chi connectivity index (χ4n) is 4.64. The van der Waals surface area contributed by atoms with Crippen molar-refractivity contribution in [2.75, 3.05) is 22.7 Å². The Morgan fingerprint density at radius 3 is 2.43 bits per heavy atom. The third kappa shape index (κ3) is 4.42. The Morgan fingerprint density at radius 1 is 0.971 bits per heavy atom. The third-order valence-corrected chi connectivity index (χ3v) is 7.59. The number of aryl methyl sites for hydroxylation is 1. The Kier molecular flexibility index (Phi) is 5.85.